The Morgan fingerprint density at radius 3 is 2.35 bits per heavy atom. The Morgan fingerprint density at radius 2 is 1.78 bits per heavy atom. The van der Waals surface area contributed by atoms with Gasteiger partial charge in [0.15, 0.2) is 5.76 Å². The van der Waals surface area contributed by atoms with Crippen LogP contribution in [0.5, 0.6) is 0 Å². The molecule has 0 aromatic heterocycles. The van der Waals surface area contributed by atoms with E-state index in [1.165, 1.54) is 6.42 Å². The molecule has 0 spiro atoms. The van der Waals surface area contributed by atoms with E-state index in [1.807, 2.05) is 0 Å². The van der Waals surface area contributed by atoms with E-state index < -0.39 is 28.1 Å². The van der Waals surface area contributed by atoms with Crippen molar-refractivity contribution >= 4 is 23.2 Å². The van der Waals surface area contributed by atoms with Gasteiger partial charge in [-0.05, 0) is 6.42 Å². The lowest BCUT2D eigenvalue weighted by atomic mass is 9.91. The molecular formula is C16H20Cl2N2O3. The minimum Gasteiger partial charge on any atom is -0.505 e. The van der Waals surface area contributed by atoms with Crippen LogP contribution in [0.2, 0.25) is 0 Å². The molecule has 0 radical (unpaired) electrons. The van der Waals surface area contributed by atoms with Crippen LogP contribution in [0.3, 0.4) is 0 Å². The van der Waals surface area contributed by atoms with Gasteiger partial charge in [-0.2, -0.15) is 10.5 Å². The largest absolute Gasteiger partial charge is 0.505 e. The van der Waals surface area contributed by atoms with Crippen molar-refractivity contribution in [2.75, 3.05) is 6.61 Å². The topological polar surface area (TPSA) is 97.3 Å². The van der Waals surface area contributed by atoms with Crippen molar-refractivity contribution in [3.8, 4) is 12.1 Å². The van der Waals surface area contributed by atoms with E-state index >= 15 is 0 Å². The Bertz CT molecular complexity index is 575. The van der Waals surface area contributed by atoms with Gasteiger partial charge in [0.2, 0.25) is 5.79 Å². The van der Waals surface area contributed by atoms with Crippen molar-refractivity contribution in [2.24, 2.45) is 0 Å². The number of hydrogen-bond donors (Lipinski definition) is 2. The SMILES string of the molecule is CCCCCCCCOC1(O)C(C#N)=C(C#N)C(O)=C(Cl)C1Cl. The number of allylic oxidation sites excluding steroid dienone is 1. The lowest BCUT2D eigenvalue weighted by Crippen LogP contribution is -2.47. The summed E-state index contributed by atoms with van der Waals surface area (Å²) in [6, 6.07) is 3.34. The third-order valence-corrected chi connectivity index (χ3v) is 4.70. The molecule has 2 N–H and O–H groups in total. The molecule has 23 heavy (non-hydrogen) atoms. The van der Waals surface area contributed by atoms with Gasteiger partial charge in [0, 0.05) is 0 Å². The zero-order valence-electron chi connectivity index (χ0n) is 13.0. The summed E-state index contributed by atoms with van der Waals surface area (Å²) in [5.74, 6) is -2.81. The highest BCUT2D eigenvalue weighted by atomic mass is 35.5. The van der Waals surface area contributed by atoms with Crippen LogP contribution in [-0.2, 0) is 4.74 Å². The summed E-state index contributed by atoms with van der Waals surface area (Å²) in [4.78, 5) is 0. The third kappa shape index (κ3) is 4.40. The first-order chi connectivity index (χ1) is 10.9. The molecular weight excluding hydrogens is 339 g/mol. The van der Waals surface area contributed by atoms with Crippen molar-refractivity contribution in [1.29, 1.82) is 10.5 Å². The van der Waals surface area contributed by atoms with E-state index in [9.17, 15) is 15.5 Å². The van der Waals surface area contributed by atoms with Gasteiger partial charge in [-0.1, -0.05) is 50.6 Å². The van der Waals surface area contributed by atoms with Crippen LogP contribution in [0.25, 0.3) is 0 Å². The number of nitrogens with zero attached hydrogens (tertiary/aromatic N) is 2. The molecule has 0 aromatic rings. The molecule has 0 heterocycles. The average molecular weight is 359 g/mol. The molecule has 0 aromatic carbocycles. The second kappa shape index (κ2) is 9.15. The highest BCUT2D eigenvalue weighted by molar-refractivity contribution is 6.38. The first-order valence-electron chi connectivity index (χ1n) is 7.58. The van der Waals surface area contributed by atoms with Crippen molar-refractivity contribution in [3.63, 3.8) is 0 Å². The number of nitriles is 2. The smallest absolute Gasteiger partial charge is 0.226 e. The Balaban J connectivity index is 2.78. The summed E-state index contributed by atoms with van der Waals surface area (Å²) in [5, 5.41) is 37.0. The molecule has 2 atom stereocenters. The zero-order valence-corrected chi connectivity index (χ0v) is 14.5. The van der Waals surface area contributed by atoms with Crippen LogP contribution >= 0.6 is 23.2 Å². The van der Waals surface area contributed by atoms with Gasteiger partial charge in [-0.25, -0.2) is 0 Å². The summed E-state index contributed by atoms with van der Waals surface area (Å²) in [6.07, 6.45) is 6.15. The highest BCUT2D eigenvalue weighted by Gasteiger charge is 2.49. The van der Waals surface area contributed by atoms with Crippen LogP contribution in [0.1, 0.15) is 45.4 Å². The Hall–Kier alpha value is -1.24. The van der Waals surface area contributed by atoms with Crippen molar-refractivity contribution < 1.29 is 14.9 Å². The predicted octanol–water partition coefficient (Wildman–Crippen LogP) is 4.03. The molecule has 1 aliphatic carbocycles. The van der Waals surface area contributed by atoms with Gasteiger partial charge in [0.1, 0.15) is 28.7 Å². The quantitative estimate of drug-likeness (QED) is 0.387. The van der Waals surface area contributed by atoms with Gasteiger partial charge in [-0.3, -0.25) is 0 Å². The van der Waals surface area contributed by atoms with Gasteiger partial charge >= 0.3 is 0 Å². The molecule has 2 unspecified atom stereocenters. The highest BCUT2D eigenvalue weighted by Crippen LogP contribution is 2.42. The summed E-state index contributed by atoms with van der Waals surface area (Å²) < 4.78 is 5.41. The molecule has 1 rings (SSSR count). The second-order valence-corrected chi connectivity index (χ2v) is 6.19. The van der Waals surface area contributed by atoms with Crippen molar-refractivity contribution in [3.05, 3.63) is 21.9 Å². The maximum absolute atomic E-state index is 10.6. The molecule has 7 heteroatoms. The summed E-state index contributed by atoms with van der Waals surface area (Å²) >= 11 is 11.9. The Labute approximate surface area is 146 Å². The van der Waals surface area contributed by atoms with E-state index in [1.54, 1.807) is 12.1 Å². The fourth-order valence-corrected chi connectivity index (χ4v) is 2.85. The fraction of sp³-hybridized carbons (Fsp3) is 0.625. The summed E-state index contributed by atoms with van der Waals surface area (Å²) in [7, 11) is 0. The number of aliphatic hydroxyl groups excluding tert-OH is 1. The van der Waals surface area contributed by atoms with E-state index in [4.69, 9.17) is 33.2 Å². The van der Waals surface area contributed by atoms with Crippen LogP contribution in [0.4, 0.5) is 0 Å². The summed E-state index contributed by atoms with van der Waals surface area (Å²) in [5.41, 5.74) is -0.840. The Kier molecular flexibility index (Phi) is 7.88. The van der Waals surface area contributed by atoms with Gasteiger partial charge in [0.25, 0.3) is 0 Å². The normalized spacial score (nSPS) is 24.5. The molecule has 0 saturated heterocycles. The first-order valence-corrected chi connectivity index (χ1v) is 8.39. The van der Waals surface area contributed by atoms with Gasteiger partial charge in [0.05, 0.1) is 11.6 Å². The monoisotopic (exact) mass is 358 g/mol. The lowest BCUT2D eigenvalue weighted by molar-refractivity contribution is -0.170. The second-order valence-electron chi connectivity index (χ2n) is 5.35. The molecule has 0 saturated carbocycles. The van der Waals surface area contributed by atoms with Crippen molar-refractivity contribution in [1.82, 2.24) is 0 Å². The van der Waals surface area contributed by atoms with E-state index in [-0.39, 0.29) is 11.6 Å². The number of ether oxygens (including phenoxy) is 1. The number of unbranched alkanes of at least 4 members (excludes halogenated alkanes) is 5. The molecule has 0 aliphatic heterocycles. The number of hydrogen-bond acceptors (Lipinski definition) is 5. The predicted molar refractivity (Wildman–Crippen MR) is 87.7 cm³/mol. The molecule has 1 aliphatic rings. The lowest BCUT2D eigenvalue weighted by Gasteiger charge is -2.35. The minimum absolute atomic E-state index is 0.167. The van der Waals surface area contributed by atoms with E-state index in [2.05, 4.69) is 6.92 Å². The standard InChI is InChI=1S/C16H20Cl2N2O3/c1-2-3-4-5-6-7-8-23-16(22)12(10-20)11(9-19)14(21)13(17)15(16)18/h15,21-22H,2-8H2,1H3. The van der Waals surface area contributed by atoms with Crippen LogP contribution in [-0.4, -0.2) is 28.0 Å². The van der Waals surface area contributed by atoms with E-state index in [0.29, 0.717) is 6.42 Å². The van der Waals surface area contributed by atoms with Crippen LogP contribution < -0.4 is 0 Å². The maximum Gasteiger partial charge on any atom is 0.226 e. The Morgan fingerprint density at radius 1 is 1.17 bits per heavy atom. The number of aliphatic hydroxyl groups is 2. The molecule has 0 amide bonds. The summed E-state index contributed by atoms with van der Waals surface area (Å²) in [6.45, 7) is 2.30. The maximum atomic E-state index is 10.6. The van der Waals surface area contributed by atoms with Gasteiger partial charge < -0.3 is 14.9 Å². The number of rotatable bonds is 8. The van der Waals surface area contributed by atoms with Gasteiger partial charge in [-0.15, -0.1) is 11.6 Å². The van der Waals surface area contributed by atoms with Crippen LogP contribution in [0, 0.1) is 22.7 Å². The number of halogens is 2. The first kappa shape index (κ1) is 19.8. The molecule has 126 valence electrons. The molecule has 0 fully saturated rings. The van der Waals surface area contributed by atoms with Crippen LogP contribution in [0.15, 0.2) is 21.9 Å². The number of alkyl halides is 1. The molecule has 5 nitrogen and oxygen atoms in total. The fourth-order valence-electron chi connectivity index (χ4n) is 2.34. The zero-order chi connectivity index (χ0) is 17.5. The average Bonchev–Trinajstić information content (AvgIpc) is 2.55. The molecule has 0 bridgehead atoms. The van der Waals surface area contributed by atoms with E-state index in [0.717, 1.165) is 25.7 Å². The third-order valence-electron chi connectivity index (χ3n) is 3.68. The van der Waals surface area contributed by atoms with Crippen molar-refractivity contribution in [2.45, 2.75) is 56.6 Å². The minimum atomic E-state index is -2.21.